The SMILES string of the molecule is CC(C)[C@H](NC(=O)COc1ccccc1C(C)(C)C)C(=O)[O-]. The van der Waals surface area contributed by atoms with E-state index < -0.39 is 17.9 Å². The molecular formula is C17H24NO4-. The van der Waals surface area contributed by atoms with Crippen molar-refractivity contribution in [2.24, 2.45) is 5.92 Å². The van der Waals surface area contributed by atoms with E-state index in [2.05, 4.69) is 26.1 Å². The molecule has 0 aromatic heterocycles. The number of nitrogens with one attached hydrogen (secondary N) is 1. The second kappa shape index (κ2) is 7.29. The predicted octanol–water partition coefficient (Wildman–Crippen LogP) is 1.25. The van der Waals surface area contributed by atoms with E-state index in [4.69, 9.17) is 4.74 Å². The van der Waals surface area contributed by atoms with Gasteiger partial charge < -0.3 is 20.0 Å². The van der Waals surface area contributed by atoms with Crippen LogP contribution >= 0.6 is 0 Å². The lowest BCUT2D eigenvalue weighted by molar-refractivity contribution is -0.309. The van der Waals surface area contributed by atoms with Crippen LogP contribution in [0.4, 0.5) is 0 Å². The zero-order valence-corrected chi connectivity index (χ0v) is 13.8. The molecule has 0 fully saturated rings. The molecule has 0 radical (unpaired) electrons. The number of ether oxygens (including phenoxy) is 1. The Bertz CT molecular complexity index is 532. The summed E-state index contributed by atoms with van der Waals surface area (Å²) in [6.07, 6.45) is 0. The summed E-state index contributed by atoms with van der Waals surface area (Å²) in [6.45, 7) is 9.34. The summed E-state index contributed by atoms with van der Waals surface area (Å²) < 4.78 is 5.56. The largest absolute Gasteiger partial charge is 0.548 e. The molecule has 1 aromatic rings. The van der Waals surface area contributed by atoms with E-state index in [1.165, 1.54) is 0 Å². The van der Waals surface area contributed by atoms with Crippen LogP contribution in [-0.4, -0.2) is 24.5 Å². The zero-order chi connectivity index (χ0) is 16.9. The molecule has 0 aliphatic carbocycles. The molecule has 0 saturated carbocycles. The number of carboxylic acid groups (broad SMARTS) is 1. The third-order valence-corrected chi connectivity index (χ3v) is 3.29. The standard InChI is InChI=1S/C17H25NO4/c1-11(2)15(16(20)21)18-14(19)10-22-13-9-7-6-8-12(13)17(3,4)5/h6-9,11,15H,10H2,1-5H3,(H,18,19)(H,20,21)/p-1/t15-/m0/s1. The summed E-state index contributed by atoms with van der Waals surface area (Å²) in [5.74, 6) is -1.40. The van der Waals surface area contributed by atoms with E-state index in [0.717, 1.165) is 5.56 Å². The van der Waals surface area contributed by atoms with Crippen molar-refractivity contribution in [1.82, 2.24) is 5.32 Å². The molecule has 1 amide bonds. The monoisotopic (exact) mass is 306 g/mol. The number of benzene rings is 1. The number of carbonyl (C=O) groups excluding carboxylic acids is 2. The van der Waals surface area contributed by atoms with Gasteiger partial charge in [0.1, 0.15) is 5.75 Å². The van der Waals surface area contributed by atoms with Crippen LogP contribution in [0.15, 0.2) is 24.3 Å². The maximum Gasteiger partial charge on any atom is 0.258 e. The van der Waals surface area contributed by atoms with Crippen molar-refractivity contribution in [1.29, 1.82) is 0 Å². The number of rotatable bonds is 6. The number of carbonyl (C=O) groups is 2. The summed E-state index contributed by atoms with van der Waals surface area (Å²) in [4.78, 5) is 22.8. The highest BCUT2D eigenvalue weighted by Gasteiger charge is 2.20. The Balaban J connectivity index is 2.71. The van der Waals surface area contributed by atoms with Crippen molar-refractivity contribution in [2.45, 2.75) is 46.1 Å². The summed E-state index contributed by atoms with van der Waals surface area (Å²) >= 11 is 0. The minimum Gasteiger partial charge on any atom is -0.548 e. The molecule has 1 atom stereocenters. The van der Waals surface area contributed by atoms with Crippen LogP contribution in [0.2, 0.25) is 0 Å². The van der Waals surface area contributed by atoms with Gasteiger partial charge >= 0.3 is 0 Å². The highest BCUT2D eigenvalue weighted by molar-refractivity contribution is 5.83. The van der Waals surface area contributed by atoms with Gasteiger partial charge in [-0.1, -0.05) is 52.8 Å². The zero-order valence-electron chi connectivity index (χ0n) is 13.8. The van der Waals surface area contributed by atoms with Gasteiger partial charge in [-0.05, 0) is 23.0 Å². The molecule has 0 bridgehead atoms. The molecule has 0 saturated heterocycles. The molecule has 0 spiro atoms. The van der Waals surface area contributed by atoms with Crippen LogP contribution in [0.5, 0.6) is 5.75 Å². The van der Waals surface area contributed by atoms with Crippen LogP contribution < -0.4 is 15.2 Å². The lowest BCUT2D eigenvalue weighted by Gasteiger charge is -2.24. The van der Waals surface area contributed by atoms with E-state index in [-0.39, 0.29) is 17.9 Å². The second-order valence-electron chi connectivity index (χ2n) is 6.64. The molecule has 5 heteroatoms. The van der Waals surface area contributed by atoms with Crippen LogP contribution in [0.3, 0.4) is 0 Å². The van der Waals surface area contributed by atoms with E-state index in [1.807, 2.05) is 18.2 Å². The summed E-state index contributed by atoms with van der Waals surface area (Å²) in [5, 5.41) is 13.4. The Morgan fingerprint density at radius 1 is 1.23 bits per heavy atom. The fourth-order valence-electron chi connectivity index (χ4n) is 2.07. The third-order valence-electron chi connectivity index (χ3n) is 3.29. The van der Waals surface area contributed by atoms with E-state index in [0.29, 0.717) is 5.75 Å². The molecule has 5 nitrogen and oxygen atoms in total. The van der Waals surface area contributed by atoms with Gasteiger partial charge in [-0.3, -0.25) is 4.79 Å². The molecular weight excluding hydrogens is 282 g/mol. The van der Waals surface area contributed by atoms with Crippen molar-refractivity contribution in [3.63, 3.8) is 0 Å². The van der Waals surface area contributed by atoms with Gasteiger partial charge in [0, 0.05) is 0 Å². The molecule has 1 aromatic carbocycles. The Morgan fingerprint density at radius 3 is 2.32 bits per heavy atom. The topological polar surface area (TPSA) is 78.5 Å². The van der Waals surface area contributed by atoms with E-state index >= 15 is 0 Å². The smallest absolute Gasteiger partial charge is 0.258 e. The third kappa shape index (κ3) is 5.06. The van der Waals surface area contributed by atoms with Crippen molar-refractivity contribution in [2.75, 3.05) is 6.61 Å². The molecule has 0 unspecified atom stereocenters. The molecule has 1 N–H and O–H groups in total. The highest BCUT2D eigenvalue weighted by Crippen LogP contribution is 2.30. The second-order valence-corrected chi connectivity index (χ2v) is 6.64. The Labute approximate surface area is 131 Å². The van der Waals surface area contributed by atoms with Crippen molar-refractivity contribution < 1.29 is 19.4 Å². The van der Waals surface area contributed by atoms with Gasteiger partial charge in [0.25, 0.3) is 5.91 Å². The van der Waals surface area contributed by atoms with Crippen molar-refractivity contribution in [3.8, 4) is 5.75 Å². The first-order valence-electron chi connectivity index (χ1n) is 7.35. The lowest BCUT2D eigenvalue weighted by Crippen LogP contribution is -2.51. The Kier molecular flexibility index (Phi) is 5.97. The first kappa shape index (κ1) is 18.0. The van der Waals surface area contributed by atoms with E-state index in [1.54, 1.807) is 19.9 Å². The van der Waals surface area contributed by atoms with Crippen molar-refractivity contribution in [3.05, 3.63) is 29.8 Å². The van der Waals surface area contributed by atoms with Crippen LogP contribution in [0, 0.1) is 5.92 Å². The quantitative estimate of drug-likeness (QED) is 0.858. The van der Waals surface area contributed by atoms with Crippen LogP contribution in [-0.2, 0) is 15.0 Å². The highest BCUT2D eigenvalue weighted by atomic mass is 16.5. The molecule has 22 heavy (non-hydrogen) atoms. The molecule has 122 valence electrons. The van der Waals surface area contributed by atoms with Gasteiger partial charge in [0.2, 0.25) is 0 Å². The minimum absolute atomic E-state index is 0.113. The van der Waals surface area contributed by atoms with Crippen molar-refractivity contribution >= 4 is 11.9 Å². The lowest BCUT2D eigenvalue weighted by atomic mass is 9.86. The number of hydrogen-bond donors (Lipinski definition) is 1. The summed E-state index contributed by atoms with van der Waals surface area (Å²) in [5.41, 5.74) is 0.876. The molecule has 0 aliphatic rings. The van der Waals surface area contributed by atoms with Gasteiger partial charge in [0.15, 0.2) is 6.61 Å². The average Bonchev–Trinajstić information content (AvgIpc) is 2.41. The van der Waals surface area contributed by atoms with Gasteiger partial charge in [0.05, 0.1) is 12.0 Å². The fraction of sp³-hybridized carbons (Fsp3) is 0.529. The Hall–Kier alpha value is -2.04. The molecule has 0 aliphatic heterocycles. The van der Waals surface area contributed by atoms with E-state index in [9.17, 15) is 14.7 Å². The number of amides is 1. The average molecular weight is 306 g/mol. The normalized spacial score (nSPS) is 12.8. The molecule has 1 rings (SSSR count). The first-order chi connectivity index (χ1) is 10.1. The number of para-hydroxylation sites is 1. The van der Waals surface area contributed by atoms with Crippen LogP contribution in [0.25, 0.3) is 0 Å². The number of aliphatic carboxylic acids is 1. The summed E-state index contributed by atoms with van der Waals surface area (Å²) in [7, 11) is 0. The maximum atomic E-state index is 11.9. The summed E-state index contributed by atoms with van der Waals surface area (Å²) in [6, 6.07) is 6.48. The fourth-order valence-corrected chi connectivity index (χ4v) is 2.07. The van der Waals surface area contributed by atoms with Gasteiger partial charge in [-0.25, -0.2) is 0 Å². The first-order valence-corrected chi connectivity index (χ1v) is 7.35. The van der Waals surface area contributed by atoms with Crippen LogP contribution in [0.1, 0.15) is 40.2 Å². The maximum absolute atomic E-state index is 11.9. The van der Waals surface area contributed by atoms with Gasteiger partial charge in [-0.15, -0.1) is 0 Å². The minimum atomic E-state index is -1.29. The predicted molar refractivity (Wildman–Crippen MR) is 82.4 cm³/mol. The van der Waals surface area contributed by atoms with Gasteiger partial charge in [-0.2, -0.15) is 0 Å². The Morgan fingerprint density at radius 2 is 1.82 bits per heavy atom. The number of carboxylic acids is 1. The molecule has 0 heterocycles. The number of hydrogen-bond acceptors (Lipinski definition) is 4.